The summed E-state index contributed by atoms with van der Waals surface area (Å²) in [7, 11) is 0. The maximum Gasteiger partial charge on any atom is 0.343 e. The van der Waals surface area contributed by atoms with Gasteiger partial charge in [0.1, 0.15) is 52.8 Å². The van der Waals surface area contributed by atoms with Crippen molar-refractivity contribution < 1.29 is 72.0 Å². The lowest BCUT2D eigenvalue weighted by atomic mass is 9.51. The summed E-state index contributed by atoms with van der Waals surface area (Å²) in [6.45, 7) is 21.3. The fourth-order valence-electron chi connectivity index (χ4n) is 11.6. The van der Waals surface area contributed by atoms with E-state index in [0.29, 0.717) is 48.1 Å². The predicted octanol–water partition coefficient (Wildman–Crippen LogP) is 8.99. The summed E-state index contributed by atoms with van der Waals surface area (Å²) in [6.07, 6.45) is 9.13. The van der Waals surface area contributed by atoms with E-state index in [0.717, 1.165) is 12.0 Å². The van der Waals surface area contributed by atoms with E-state index in [4.69, 9.17) is 42.6 Å². The topological polar surface area (TPSA) is 192 Å². The number of unbranched alkanes of at least 4 members (excludes halogenated alkanes) is 1. The first kappa shape index (κ1) is 52.4. The Labute approximate surface area is 427 Å². The number of aliphatic hydroxyl groups excluding tert-OH is 2. The quantitative estimate of drug-likeness (QED) is 0.0564. The normalized spacial score (nSPS) is 31.9. The van der Waals surface area contributed by atoms with Crippen LogP contribution in [-0.4, -0.2) is 106 Å². The Morgan fingerprint density at radius 3 is 2.33 bits per heavy atom. The average molecular weight is 1010 g/mol. The number of fused-ring (bicyclic) bond motifs is 3. The van der Waals surface area contributed by atoms with E-state index in [2.05, 4.69) is 6.08 Å². The van der Waals surface area contributed by atoms with Crippen LogP contribution in [-0.2, 0) is 39.7 Å². The summed E-state index contributed by atoms with van der Waals surface area (Å²) in [4.78, 5) is 58.7. The molecule has 73 heavy (non-hydrogen) atoms. The summed E-state index contributed by atoms with van der Waals surface area (Å²) in [5, 5.41) is 22.0. The second kappa shape index (κ2) is 19.4. The molecule has 1 saturated carbocycles. The SMILES string of the molecule is CCCCOC(=O)C(C)=CCC12OC(C)(C)C3CC(C=C4C(=O)c5c(OC(=O)c6ccc(O[C@@H]7O[C@@H]8COC(C)(C)O[C@H]8[C@H](O)[C@H]7O)cc6)c6c(c(CC=C(C)C)c5OC431)OC(C)(CCC=C(C)C)C=C6)C2=O. The standard InChI is InChI=1S/C58H70O15/c1-12-13-27-65-51(63)33(6)22-26-57-50(62)35-28-39-43(59)42-47(69-52(64)34-17-19-36(20-18-34)67-53-45(61)44(60)49-40(68-53)30-66-55(9,10)70-49)38-23-25-56(11,24-14-15-31(2)3)71-46(38)37(21-16-32(4)5)48(42)72-58(39,57)41(29-35)54(7,8)73-57/h15-20,22-23,25,28,35,40-41,44-45,49,53,60-61H,12-14,21,24,26-27,29-30H2,1-11H3/t35?,40-,41?,44-,45-,49-,53-,56?,57?,58?/m1/s1. The molecule has 2 aromatic rings. The van der Waals surface area contributed by atoms with E-state index >= 15 is 9.59 Å². The average Bonchev–Trinajstić information content (AvgIpc) is 3.48. The second-order valence-electron chi connectivity index (χ2n) is 22.3. The fraction of sp³-hybridized carbons (Fsp3) is 0.552. The molecule has 5 heterocycles. The van der Waals surface area contributed by atoms with Gasteiger partial charge in [-0.05, 0) is 138 Å². The summed E-state index contributed by atoms with van der Waals surface area (Å²) in [6, 6.07) is 5.97. The van der Waals surface area contributed by atoms with Crippen LogP contribution in [0.3, 0.4) is 0 Å². The first-order valence-electron chi connectivity index (χ1n) is 25.7. The van der Waals surface area contributed by atoms with Gasteiger partial charge in [0.15, 0.2) is 34.3 Å². The van der Waals surface area contributed by atoms with Gasteiger partial charge in [0, 0.05) is 35.0 Å². The van der Waals surface area contributed by atoms with Gasteiger partial charge < -0.3 is 52.8 Å². The fourth-order valence-corrected chi connectivity index (χ4v) is 11.6. The van der Waals surface area contributed by atoms with Crippen LogP contribution < -0.4 is 18.9 Å². The van der Waals surface area contributed by atoms with Crippen molar-refractivity contribution in [2.75, 3.05) is 13.2 Å². The molecule has 4 fully saturated rings. The zero-order valence-electron chi connectivity index (χ0n) is 43.9. The van der Waals surface area contributed by atoms with Gasteiger partial charge in [-0.1, -0.05) is 48.8 Å². The van der Waals surface area contributed by atoms with Gasteiger partial charge in [0.25, 0.3) is 0 Å². The molecule has 1 spiro atoms. The number of carbonyl (C=O) groups is 4. The maximum atomic E-state index is 15.9. The molecule has 10 atom stereocenters. The zero-order chi connectivity index (χ0) is 52.6. The molecule has 3 saturated heterocycles. The van der Waals surface area contributed by atoms with Crippen LogP contribution in [0.2, 0.25) is 0 Å². The number of ether oxygens (including phenoxy) is 9. The molecule has 392 valence electrons. The van der Waals surface area contributed by atoms with Crippen molar-refractivity contribution in [3.63, 3.8) is 0 Å². The maximum absolute atomic E-state index is 15.9. The number of hydrogen-bond acceptors (Lipinski definition) is 15. The highest BCUT2D eigenvalue weighted by Crippen LogP contribution is 2.69. The van der Waals surface area contributed by atoms with Gasteiger partial charge in [0.05, 0.1) is 29.9 Å². The monoisotopic (exact) mass is 1010 g/mol. The lowest BCUT2D eigenvalue weighted by molar-refractivity contribution is -0.373. The number of ketones is 2. The molecule has 2 N–H and O–H groups in total. The van der Waals surface area contributed by atoms with Crippen LogP contribution in [0, 0.1) is 11.8 Å². The summed E-state index contributed by atoms with van der Waals surface area (Å²) < 4.78 is 57.1. The third-order valence-electron chi connectivity index (χ3n) is 15.4. The minimum absolute atomic E-state index is 0.0143. The molecule has 0 radical (unpaired) electrons. The van der Waals surface area contributed by atoms with Crippen LogP contribution >= 0.6 is 0 Å². The van der Waals surface area contributed by atoms with E-state index < -0.39 is 88.5 Å². The molecule has 8 aliphatic rings. The number of benzene rings is 2. The first-order chi connectivity index (χ1) is 34.4. The molecule has 4 bridgehead atoms. The van der Waals surface area contributed by atoms with Crippen LogP contribution in [0.1, 0.15) is 147 Å². The van der Waals surface area contributed by atoms with E-state index in [1.54, 1.807) is 32.9 Å². The molecule has 5 unspecified atom stereocenters. The number of rotatable bonds is 15. The largest absolute Gasteiger partial charge is 0.482 e. The number of esters is 2. The first-order valence-corrected chi connectivity index (χ1v) is 25.7. The van der Waals surface area contributed by atoms with Crippen molar-refractivity contribution in [2.24, 2.45) is 11.8 Å². The molecule has 0 amide bonds. The van der Waals surface area contributed by atoms with E-state index in [9.17, 15) is 19.8 Å². The van der Waals surface area contributed by atoms with Crippen molar-refractivity contribution in [1.82, 2.24) is 0 Å². The molecular weight excluding hydrogens is 937 g/mol. The minimum atomic E-state index is -1.72. The zero-order valence-corrected chi connectivity index (χ0v) is 43.9. The number of aliphatic hydroxyl groups is 2. The lowest BCUT2D eigenvalue weighted by Crippen LogP contribution is -2.72. The van der Waals surface area contributed by atoms with Gasteiger partial charge in [-0.3, -0.25) is 9.59 Å². The molecule has 15 heteroatoms. The summed E-state index contributed by atoms with van der Waals surface area (Å²) in [5.74, 6) is -3.51. The number of Topliss-reactive ketones (excluding diaryl/α,β-unsaturated/α-hetero) is 2. The molecule has 0 aromatic heterocycles. The Morgan fingerprint density at radius 2 is 1.63 bits per heavy atom. The van der Waals surface area contributed by atoms with Crippen LogP contribution in [0.25, 0.3) is 6.08 Å². The van der Waals surface area contributed by atoms with Crippen molar-refractivity contribution in [3.05, 3.63) is 99.2 Å². The van der Waals surface area contributed by atoms with Crippen LogP contribution in [0.5, 0.6) is 23.0 Å². The lowest BCUT2D eigenvalue weighted by Gasteiger charge is -2.56. The summed E-state index contributed by atoms with van der Waals surface area (Å²) >= 11 is 0. The minimum Gasteiger partial charge on any atom is -0.482 e. The van der Waals surface area contributed by atoms with Crippen LogP contribution in [0.15, 0.2) is 76.9 Å². The Balaban J connectivity index is 1.13. The predicted molar refractivity (Wildman–Crippen MR) is 268 cm³/mol. The van der Waals surface area contributed by atoms with Crippen molar-refractivity contribution >= 4 is 29.6 Å². The van der Waals surface area contributed by atoms with E-state index in [1.807, 2.05) is 73.6 Å². The third kappa shape index (κ3) is 9.22. The molecule has 2 aromatic carbocycles. The van der Waals surface area contributed by atoms with Gasteiger partial charge in [-0.2, -0.15) is 0 Å². The van der Waals surface area contributed by atoms with Gasteiger partial charge in [-0.15, -0.1) is 0 Å². The Kier molecular flexibility index (Phi) is 13.9. The smallest absolute Gasteiger partial charge is 0.343 e. The van der Waals surface area contributed by atoms with Gasteiger partial charge in [-0.25, -0.2) is 9.59 Å². The van der Waals surface area contributed by atoms with Crippen molar-refractivity contribution in [3.8, 4) is 23.0 Å². The summed E-state index contributed by atoms with van der Waals surface area (Å²) in [5.41, 5.74) is -1.41. The van der Waals surface area contributed by atoms with Crippen molar-refractivity contribution in [1.29, 1.82) is 0 Å². The second-order valence-corrected chi connectivity index (χ2v) is 22.3. The highest BCUT2D eigenvalue weighted by atomic mass is 16.8. The highest BCUT2D eigenvalue weighted by Gasteiger charge is 2.81. The van der Waals surface area contributed by atoms with Gasteiger partial charge in [0.2, 0.25) is 6.29 Å². The number of hydrogen-bond donors (Lipinski definition) is 2. The molecule has 5 aliphatic heterocycles. The van der Waals surface area contributed by atoms with Crippen molar-refractivity contribution in [2.45, 2.75) is 180 Å². The molecular formula is C58H70O15. The number of carbonyl (C=O) groups excluding carboxylic acids is 4. The van der Waals surface area contributed by atoms with E-state index in [-0.39, 0.29) is 65.8 Å². The Bertz CT molecular complexity index is 2730. The number of allylic oxidation sites excluding steroid dienone is 5. The van der Waals surface area contributed by atoms with Crippen LogP contribution in [0.4, 0.5) is 0 Å². The Morgan fingerprint density at radius 1 is 0.904 bits per heavy atom. The Hall–Kier alpha value is -5.42. The third-order valence-corrected chi connectivity index (χ3v) is 15.4. The molecule has 3 aliphatic carbocycles. The highest BCUT2D eigenvalue weighted by molar-refractivity contribution is 6.19. The molecule has 15 nitrogen and oxygen atoms in total. The van der Waals surface area contributed by atoms with Gasteiger partial charge >= 0.3 is 11.9 Å². The molecule has 10 rings (SSSR count). The van der Waals surface area contributed by atoms with E-state index in [1.165, 1.54) is 29.8 Å².